The lowest BCUT2D eigenvalue weighted by atomic mass is 10.2. The fourth-order valence-corrected chi connectivity index (χ4v) is 2.02. The zero-order valence-corrected chi connectivity index (χ0v) is 13.6. The number of methoxy groups -OCH3 is 2. The number of pyridine rings is 1. The van der Waals surface area contributed by atoms with Crippen LogP contribution in [0.4, 0.5) is 0 Å². The van der Waals surface area contributed by atoms with E-state index in [0.717, 1.165) is 5.75 Å². The highest BCUT2D eigenvalue weighted by Gasteiger charge is 2.09. The fraction of sp³-hybridized carbons (Fsp3) is 0.250. The third-order valence-corrected chi connectivity index (χ3v) is 3.15. The van der Waals surface area contributed by atoms with Gasteiger partial charge < -0.3 is 19.5 Å². The molecule has 0 aliphatic heterocycles. The number of carbonyl (C=O) groups excluding carboxylic acids is 1. The minimum atomic E-state index is -0.272. The van der Waals surface area contributed by atoms with Crippen molar-refractivity contribution >= 4 is 17.5 Å². The van der Waals surface area contributed by atoms with E-state index in [2.05, 4.69) is 10.3 Å². The largest absolute Gasteiger partial charge is 0.497 e. The summed E-state index contributed by atoms with van der Waals surface area (Å²) in [6.07, 6.45) is 0. The van der Waals surface area contributed by atoms with Crippen LogP contribution >= 0.6 is 11.6 Å². The first-order valence-corrected chi connectivity index (χ1v) is 7.27. The Morgan fingerprint density at radius 1 is 1.13 bits per heavy atom. The molecule has 122 valence electrons. The second-order valence-electron chi connectivity index (χ2n) is 4.50. The fourth-order valence-electron chi connectivity index (χ4n) is 1.82. The highest BCUT2D eigenvalue weighted by Crippen LogP contribution is 2.17. The van der Waals surface area contributed by atoms with Crippen LogP contribution in [0.25, 0.3) is 0 Å². The molecule has 0 aliphatic carbocycles. The molecule has 1 N–H and O–H groups in total. The lowest BCUT2D eigenvalue weighted by molar-refractivity contribution is 0.0946. The molecule has 1 aromatic heterocycles. The van der Waals surface area contributed by atoms with E-state index in [9.17, 15) is 4.79 Å². The Hall–Kier alpha value is -2.47. The third-order valence-electron chi connectivity index (χ3n) is 2.96. The monoisotopic (exact) mass is 336 g/mol. The minimum absolute atomic E-state index is 0.198. The van der Waals surface area contributed by atoms with Gasteiger partial charge in [0.1, 0.15) is 23.3 Å². The first-order chi connectivity index (χ1) is 11.1. The summed E-state index contributed by atoms with van der Waals surface area (Å²) in [5.74, 6) is 1.48. The Kier molecular flexibility index (Phi) is 6.05. The van der Waals surface area contributed by atoms with Gasteiger partial charge in [-0.3, -0.25) is 4.79 Å². The van der Waals surface area contributed by atoms with E-state index in [1.54, 1.807) is 31.4 Å². The van der Waals surface area contributed by atoms with E-state index in [-0.39, 0.29) is 16.9 Å². The Morgan fingerprint density at radius 2 is 1.83 bits per heavy atom. The Morgan fingerprint density at radius 3 is 2.48 bits per heavy atom. The maximum atomic E-state index is 12.0. The average molecular weight is 337 g/mol. The summed E-state index contributed by atoms with van der Waals surface area (Å²) >= 11 is 5.83. The molecular formula is C16H17ClN2O4. The van der Waals surface area contributed by atoms with Gasteiger partial charge in [-0.05, 0) is 30.3 Å². The summed E-state index contributed by atoms with van der Waals surface area (Å²) in [5.41, 5.74) is 0.381. The molecule has 0 radical (unpaired) electrons. The maximum absolute atomic E-state index is 12.0. The van der Waals surface area contributed by atoms with Crippen LogP contribution in [-0.2, 0) is 0 Å². The van der Waals surface area contributed by atoms with Crippen molar-refractivity contribution in [3.8, 4) is 17.4 Å². The topological polar surface area (TPSA) is 69.7 Å². The van der Waals surface area contributed by atoms with Crippen molar-refractivity contribution in [3.63, 3.8) is 0 Å². The molecule has 1 heterocycles. The number of nitrogens with zero attached hydrogens (tertiary/aromatic N) is 1. The van der Waals surface area contributed by atoms with Gasteiger partial charge in [0.2, 0.25) is 5.88 Å². The number of nitrogens with one attached hydrogen (secondary N) is 1. The van der Waals surface area contributed by atoms with Crippen LogP contribution in [0, 0.1) is 0 Å². The molecule has 0 bridgehead atoms. The van der Waals surface area contributed by atoms with Crippen LogP contribution in [0.2, 0.25) is 5.15 Å². The normalized spacial score (nSPS) is 10.0. The number of rotatable bonds is 7. The van der Waals surface area contributed by atoms with Gasteiger partial charge >= 0.3 is 0 Å². The smallest absolute Gasteiger partial charge is 0.251 e. The SMILES string of the molecule is COc1ccc(OCCNC(=O)c2cc(Cl)nc(OC)c2)cc1. The van der Waals surface area contributed by atoms with Crippen molar-refractivity contribution in [2.24, 2.45) is 0 Å². The molecule has 7 heteroatoms. The molecule has 0 unspecified atom stereocenters. The summed E-state index contributed by atoms with van der Waals surface area (Å²) < 4.78 is 15.6. The highest BCUT2D eigenvalue weighted by atomic mass is 35.5. The predicted octanol–water partition coefficient (Wildman–Crippen LogP) is 2.56. The van der Waals surface area contributed by atoms with Gasteiger partial charge in [0.05, 0.1) is 20.8 Å². The number of ether oxygens (including phenoxy) is 3. The molecule has 23 heavy (non-hydrogen) atoms. The van der Waals surface area contributed by atoms with Crippen LogP contribution in [0.3, 0.4) is 0 Å². The first kappa shape index (κ1) is 16.9. The van der Waals surface area contributed by atoms with Crippen LogP contribution < -0.4 is 19.5 Å². The number of aromatic nitrogens is 1. The van der Waals surface area contributed by atoms with Gasteiger partial charge in [0, 0.05) is 11.6 Å². The summed E-state index contributed by atoms with van der Waals surface area (Å²) in [4.78, 5) is 15.9. The lowest BCUT2D eigenvalue weighted by Gasteiger charge is -2.09. The van der Waals surface area contributed by atoms with E-state index in [1.165, 1.54) is 19.2 Å². The number of hydrogen-bond donors (Lipinski definition) is 1. The van der Waals surface area contributed by atoms with Crippen molar-refractivity contribution in [3.05, 3.63) is 47.1 Å². The standard InChI is InChI=1S/C16H17ClN2O4/c1-21-12-3-5-13(6-4-12)23-8-7-18-16(20)11-9-14(17)19-15(10-11)22-2/h3-6,9-10H,7-8H2,1-2H3,(H,18,20). The Bertz CT molecular complexity index is 662. The van der Waals surface area contributed by atoms with Crippen molar-refractivity contribution < 1.29 is 19.0 Å². The van der Waals surface area contributed by atoms with Crippen LogP contribution in [0.1, 0.15) is 10.4 Å². The summed E-state index contributed by atoms with van der Waals surface area (Å²) in [6.45, 7) is 0.696. The van der Waals surface area contributed by atoms with E-state index in [1.807, 2.05) is 0 Å². The molecule has 0 atom stereocenters. The molecule has 1 aromatic carbocycles. The first-order valence-electron chi connectivity index (χ1n) is 6.89. The predicted molar refractivity (Wildman–Crippen MR) is 86.6 cm³/mol. The van der Waals surface area contributed by atoms with Gasteiger partial charge in [-0.2, -0.15) is 0 Å². The van der Waals surface area contributed by atoms with Crippen molar-refractivity contribution in [2.45, 2.75) is 0 Å². The van der Waals surface area contributed by atoms with E-state index >= 15 is 0 Å². The van der Waals surface area contributed by atoms with Crippen LogP contribution in [0.15, 0.2) is 36.4 Å². The molecule has 2 aromatic rings. The van der Waals surface area contributed by atoms with Gasteiger partial charge in [0.15, 0.2) is 0 Å². The number of hydrogen-bond acceptors (Lipinski definition) is 5. The van der Waals surface area contributed by atoms with Gasteiger partial charge in [-0.15, -0.1) is 0 Å². The van der Waals surface area contributed by atoms with Crippen molar-refractivity contribution in [2.75, 3.05) is 27.4 Å². The number of amides is 1. The zero-order chi connectivity index (χ0) is 16.7. The second-order valence-corrected chi connectivity index (χ2v) is 4.89. The molecule has 0 spiro atoms. The van der Waals surface area contributed by atoms with E-state index in [0.29, 0.717) is 24.5 Å². The summed E-state index contributed by atoms with van der Waals surface area (Å²) in [5, 5.41) is 2.94. The van der Waals surface area contributed by atoms with Gasteiger partial charge in [0.25, 0.3) is 5.91 Å². The molecule has 0 saturated carbocycles. The van der Waals surface area contributed by atoms with Gasteiger partial charge in [-0.1, -0.05) is 11.6 Å². The summed E-state index contributed by atoms with van der Waals surface area (Å²) in [7, 11) is 3.06. The van der Waals surface area contributed by atoms with E-state index < -0.39 is 0 Å². The second kappa shape index (κ2) is 8.24. The average Bonchev–Trinajstić information content (AvgIpc) is 2.58. The Balaban J connectivity index is 1.81. The molecule has 0 aliphatic rings. The summed E-state index contributed by atoms with van der Waals surface area (Å²) in [6, 6.07) is 10.2. The van der Waals surface area contributed by atoms with Crippen LogP contribution in [0.5, 0.6) is 17.4 Å². The molecule has 0 saturated heterocycles. The maximum Gasteiger partial charge on any atom is 0.251 e. The van der Waals surface area contributed by atoms with Crippen molar-refractivity contribution in [1.29, 1.82) is 0 Å². The highest BCUT2D eigenvalue weighted by molar-refractivity contribution is 6.29. The minimum Gasteiger partial charge on any atom is -0.497 e. The van der Waals surface area contributed by atoms with Crippen LogP contribution in [-0.4, -0.2) is 38.3 Å². The Labute approximate surface area is 139 Å². The zero-order valence-electron chi connectivity index (χ0n) is 12.8. The molecule has 0 fully saturated rings. The molecule has 2 rings (SSSR count). The number of halogens is 1. The quantitative estimate of drug-likeness (QED) is 0.621. The molecular weight excluding hydrogens is 320 g/mol. The van der Waals surface area contributed by atoms with E-state index in [4.69, 9.17) is 25.8 Å². The number of carbonyl (C=O) groups is 1. The van der Waals surface area contributed by atoms with Crippen molar-refractivity contribution in [1.82, 2.24) is 10.3 Å². The molecule has 1 amide bonds. The van der Waals surface area contributed by atoms with Gasteiger partial charge in [-0.25, -0.2) is 4.98 Å². The number of benzene rings is 1. The molecule has 6 nitrogen and oxygen atoms in total. The third kappa shape index (κ3) is 5.03. The lowest BCUT2D eigenvalue weighted by Crippen LogP contribution is -2.28.